The summed E-state index contributed by atoms with van der Waals surface area (Å²) >= 11 is 3.23. The Morgan fingerprint density at radius 3 is 2.39 bits per heavy atom. The van der Waals surface area contributed by atoms with Crippen LogP contribution in [-0.4, -0.2) is 20.3 Å². The zero-order valence-electron chi connectivity index (χ0n) is 10.7. The highest BCUT2D eigenvalue weighted by molar-refractivity contribution is 9.10. The summed E-state index contributed by atoms with van der Waals surface area (Å²) in [7, 11) is 3.03. The average molecular weight is 318 g/mol. The fourth-order valence-corrected chi connectivity index (χ4v) is 2.97. The topological polar surface area (TPSA) is 44.5 Å². The summed E-state index contributed by atoms with van der Waals surface area (Å²) in [5, 5.41) is 0. The van der Waals surface area contributed by atoms with Gasteiger partial charge in [0.15, 0.2) is 11.5 Å². The predicted octanol–water partition coefficient (Wildman–Crippen LogP) is 2.98. The molecular formula is C13H17BrFNO2. The van der Waals surface area contributed by atoms with Gasteiger partial charge in [0.1, 0.15) is 5.82 Å². The van der Waals surface area contributed by atoms with Gasteiger partial charge in [0.2, 0.25) is 0 Å². The van der Waals surface area contributed by atoms with E-state index in [4.69, 9.17) is 15.2 Å². The second-order valence-electron chi connectivity index (χ2n) is 4.73. The van der Waals surface area contributed by atoms with Crippen molar-refractivity contribution in [1.29, 1.82) is 0 Å². The highest BCUT2D eigenvalue weighted by Crippen LogP contribution is 2.54. The van der Waals surface area contributed by atoms with Crippen LogP contribution in [0.1, 0.15) is 25.3 Å². The molecule has 1 fully saturated rings. The summed E-state index contributed by atoms with van der Waals surface area (Å²) in [4.78, 5) is 0. The number of halogens is 2. The van der Waals surface area contributed by atoms with Crippen molar-refractivity contribution in [2.45, 2.75) is 31.2 Å². The first-order valence-corrected chi connectivity index (χ1v) is 6.63. The van der Waals surface area contributed by atoms with Crippen molar-refractivity contribution < 1.29 is 13.9 Å². The van der Waals surface area contributed by atoms with Crippen LogP contribution in [0.3, 0.4) is 0 Å². The number of hydrogen-bond donors (Lipinski definition) is 1. The monoisotopic (exact) mass is 317 g/mol. The van der Waals surface area contributed by atoms with Crippen LogP contribution in [0.15, 0.2) is 10.5 Å². The van der Waals surface area contributed by atoms with Crippen LogP contribution >= 0.6 is 15.9 Å². The molecule has 0 heterocycles. The van der Waals surface area contributed by atoms with Gasteiger partial charge >= 0.3 is 0 Å². The lowest BCUT2D eigenvalue weighted by Crippen LogP contribution is -2.32. The number of hydrogen-bond acceptors (Lipinski definition) is 3. The van der Waals surface area contributed by atoms with Crippen LogP contribution in [0, 0.1) is 5.82 Å². The van der Waals surface area contributed by atoms with Crippen molar-refractivity contribution in [2.24, 2.45) is 5.73 Å². The third-order valence-electron chi connectivity index (χ3n) is 3.75. The molecule has 0 spiro atoms. The molecule has 0 bridgehead atoms. The minimum atomic E-state index is -0.303. The summed E-state index contributed by atoms with van der Waals surface area (Å²) in [6, 6.07) is 1.62. The Morgan fingerprint density at radius 2 is 2.00 bits per heavy atom. The Labute approximate surface area is 115 Å². The quantitative estimate of drug-likeness (QED) is 0.928. The summed E-state index contributed by atoms with van der Waals surface area (Å²) in [6.45, 7) is 1.91. The van der Waals surface area contributed by atoms with Gasteiger partial charge in [0.25, 0.3) is 0 Å². The summed E-state index contributed by atoms with van der Waals surface area (Å²) < 4.78 is 25.1. The van der Waals surface area contributed by atoms with E-state index in [2.05, 4.69) is 15.9 Å². The molecule has 100 valence electrons. The fourth-order valence-electron chi connectivity index (χ4n) is 2.39. The molecule has 1 unspecified atom stereocenters. The van der Waals surface area contributed by atoms with Gasteiger partial charge in [-0.15, -0.1) is 0 Å². The molecule has 0 aromatic heterocycles. The van der Waals surface area contributed by atoms with Gasteiger partial charge in [0, 0.05) is 17.0 Å². The first kappa shape index (κ1) is 13.6. The number of benzene rings is 1. The summed E-state index contributed by atoms with van der Waals surface area (Å²) in [5.74, 6) is 0.592. The first-order valence-electron chi connectivity index (χ1n) is 5.84. The second-order valence-corrected chi connectivity index (χ2v) is 5.53. The standard InChI is InChI=1S/C13H17BrFNO2/c1-7(16)13(4-5-13)8-6-9(17-2)12(18-3)10(14)11(8)15/h6-7H,4-5,16H2,1-3H3. The molecule has 1 aliphatic carbocycles. The van der Waals surface area contributed by atoms with E-state index in [0.29, 0.717) is 21.5 Å². The highest BCUT2D eigenvalue weighted by atomic mass is 79.9. The summed E-state index contributed by atoms with van der Waals surface area (Å²) in [5.41, 5.74) is 6.35. The van der Waals surface area contributed by atoms with Gasteiger partial charge in [-0.3, -0.25) is 0 Å². The van der Waals surface area contributed by atoms with E-state index in [9.17, 15) is 4.39 Å². The lowest BCUT2D eigenvalue weighted by Gasteiger charge is -2.23. The highest BCUT2D eigenvalue weighted by Gasteiger charge is 2.50. The van der Waals surface area contributed by atoms with E-state index in [1.54, 1.807) is 6.07 Å². The zero-order chi connectivity index (χ0) is 13.5. The zero-order valence-corrected chi connectivity index (χ0v) is 12.3. The minimum absolute atomic E-state index is 0.0861. The van der Waals surface area contributed by atoms with Crippen molar-refractivity contribution in [3.63, 3.8) is 0 Å². The Morgan fingerprint density at radius 1 is 1.39 bits per heavy atom. The summed E-state index contributed by atoms with van der Waals surface area (Å²) in [6.07, 6.45) is 1.81. The molecule has 1 atom stereocenters. The van der Waals surface area contributed by atoms with Crippen LogP contribution in [0.4, 0.5) is 4.39 Å². The van der Waals surface area contributed by atoms with Gasteiger partial charge in [-0.1, -0.05) is 0 Å². The maximum absolute atomic E-state index is 14.4. The maximum atomic E-state index is 14.4. The number of methoxy groups -OCH3 is 2. The fraction of sp³-hybridized carbons (Fsp3) is 0.538. The van der Waals surface area contributed by atoms with Gasteiger partial charge in [0.05, 0.1) is 18.7 Å². The lowest BCUT2D eigenvalue weighted by atomic mass is 9.89. The maximum Gasteiger partial charge on any atom is 0.177 e. The molecule has 2 N–H and O–H groups in total. The molecule has 18 heavy (non-hydrogen) atoms. The average Bonchev–Trinajstić information content (AvgIpc) is 3.13. The molecule has 2 rings (SSSR count). The molecule has 0 amide bonds. The van der Waals surface area contributed by atoms with Crippen molar-refractivity contribution >= 4 is 15.9 Å². The van der Waals surface area contributed by atoms with Gasteiger partial charge < -0.3 is 15.2 Å². The third-order valence-corrected chi connectivity index (χ3v) is 4.46. The molecule has 0 saturated heterocycles. The number of ether oxygens (including phenoxy) is 2. The molecule has 1 aliphatic rings. The predicted molar refractivity (Wildman–Crippen MR) is 71.8 cm³/mol. The smallest absolute Gasteiger partial charge is 0.177 e. The largest absolute Gasteiger partial charge is 0.493 e. The molecule has 1 aromatic rings. The van der Waals surface area contributed by atoms with Crippen LogP contribution in [0.2, 0.25) is 0 Å². The van der Waals surface area contributed by atoms with E-state index in [1.165, 1.54) is 14.2 Å². The Hall–Kier alpha value is -0.810. The Bertz CT molecular complexity index is 473. The van der Waals surface area contributed by atoms with Gasteiger partial charge in [-0.05, 0) is 41.8 Å². The van der Waals surface area contributed by atoms with Crippen LogP contribution in [-0.2, 0) is 5.41 Å². The Kier molecular flexibility index (Phi) is 3.56. The van der Waals surface area contributed by atoms with E-state index in [-0.39, 0.29) is 17.3 Å². The SMILES string of the molecule is COc1cc(C2(C(C)N)CC2)c(F)c(Br)c1OC. The van der Waals surface area contributed by atoms with Crippen molar-refractivity contribution in [3.8, 4) is 11.5 Å². The molecular weight excluding hydrogens is 301 g/mol. The number of nitrogens with two attached hydrogens (primary N) is 1. The molecule has 1 aromatic carbocycles. The molecule has 3 nitrogen and oxygen atoms in total. The van der Waals surface area contributed by atoms with Crippen molar-refractivity contribution in [2.75, 3.05) is 14.2 Å². The van der Waals surface area contributed by atoms with Crippen LogP contribution in [0.25, 0.3) is 0 Å². The van der Waals surface area contributed by atoms with Crippen molar-refractivity contribution in [3.05, 3.63) is 21.9 Å². The van der Waals surface area contributed by atoms with Gasteiger partial charge in [-0.25, -0.2) is 4.39 Å². The van der Waals surface area contributed by atoms with E-state index >= 15 is 0 Å². The molecule has 0 aliphatic heterocycles. The van der Waals surface area contributed by atoms with Gasteiger partial charge in [-0.2, -0.15) is 0 Å². The normalized spacial score (nSPS) is 18.3. The van der Waals surface area contributed by atoms with E-state index in [1.807, 2.05) is 6.92 Å². The first-order chi connectivity index (χ1) is 8.47. The second kappa shape index (κ2) is 4.70. The Balaban J connectivity index is 2.60. The molecule has 0 radical (unpaired) electrons. The lowest BCUT2D eigenvalue weighted by molar-refractivity contribution is 0.347. The van der Waals surface area contributed by atoms with E-state index in [0.717, 1.165) is 12.8 Å². The van der Waals surface area contributed by atoms with Crippen LogP contribution in [0.5, 0.6) is 11.5 Å². The third kappa shape index (κ3) is 1.89. The molecule has 1 saturated carbocycles. The molecule has 5 heteroatoms. The van der Waals surface area contributed by atoms with Crippen LogP contribution < -0.4 is 15.2 Å². The van der Waals surface area contributed by atoms with E-state index < -0.39 is 0 Å². The van der Waals surface area contributed by atoms with Crippen molar-refractivity contribution in [1.82, 2.24) is 0 Å². The minimum Gasteiger partial charge on any atom is -0.493 e. The number of rotatable bonds is 4.